The van der Waals surface area contributed by atoms with Crippen molar-refractivity contribution in [2.45, 2.75) is 78.8 Å². The van der Waals surface area contributed by atoms with Gasteiger partial charge in [0.2, 0.25) is 0 Å². The molecule has 8 heterocycles. The van der Waals surface area contributed by atoms with E-state index in [9.17, 15) is 19.5 Å². The van der Waals surface area contributed by atoms with Crippen molar-refractivity contribution in [2.75, 3.05) is 16.0 Å². The maximum Gasteiger partial charge on any atom is 0.276 e. The summed E-state index contributed by atoms with van der Waals surface area (Å²) in [7, 11) is 0. The van der Waals surface area contributed by atoms with E-state index in [1.807, 2.05) is 154 Å². The second kappa shape index (κ2) is 29.0. The van der Waals surface area contributed by atoms with E-state index >= 15 is 0 Å². The number of aromatic hydroxyl groups is 1. The first-order valence-electron chi connectivity index (χ1n) is 29.7. The highest BCUT2D eigenvalue weighted by atomic mass is 32.2. The van der Waals surface area contributed by atoms with E-state index in [0.717, 1.165) is 104 Å². The SMILES string of the molecule is CC(C)c1cc(C(=O)Nc2cccc(CSc3ncnc4[nH]ncc34)c2)c(O)c(C(C)C)c1.Cc1c(C(=O)Nc2cccc(CSc3ncnc4[nH]ncc34)c2)cnn1-c1ccccc1.O=C(Nc1cccc(CSc2ncnc3[nH]ncc23)c1)c1n[nH]c2ccccc12. The van der Waals surface area contributed by atoms with E-state index in [1.165, 1.54) is 19.0 Å². The molecule has 0 aliphatic carbocycles. The minimum atomic E-state index is -0.322. The number of carbonyl (C=O) groups is 3. The lowest BCUT2D eigenvalue weighted by Crippen LogP contribution is -2.14. The van der Waals surface area contributed by atoms with Crippen LogP contribution in [0, 0.1) is 6.92 Å². The minimum Gasteiger partial charge on any atom is -0.507 e. The Labute approximate surface area is 550 Å². The largest absolute Gasteiger partial charge is 0.507 e. The third-order valence-electron chi connectivity index (χ3n) is 15.0. The summed E-state index contributed by atoms with van der Waals surface area (Å²) in [5, 5.41) is 57.7. The van der Waals surface area contributed by atoms with Crippen molar-refractivity contribution in [1.29, 1.82) is 0 Å². The highest BCUT2D eigenvalue weighted by molar-refractivity contribution is 7.99. The van der Waals surface area contributed by atoms with Gasteiger partial charge in [0.1, 0.15) is 39.8 Å². The van der Waals surface area contributed by atoms with Crippen molar-refractivity contribution in [3.8, 4) is 11.4 Å². The maximum atomic E-state index is 13.1. The Morgan fingerprint density at radius 1 is 0.489 bits per heavy atom. The Kier molecular flexibility index (Phi) is 19.5. The number of rotatable bonds is 18. The molecule has 0 saturated carbocycles. The lowest BCUT2D eigenvalue weighted by Gasteiger charge is -2.17. The molecule has 94 heavy (non-hydrogen) atoms. The molecule has 8 aromatic heterocycles. The highest BCUT2D eigenvalue weighted by Crippen LogP contribution is 2.35. The van der Waals surface area contributed by atoms with Crippen LogP contribution in [0.25, 0.3) is 49.7 Å². The van der Waals surface area contributed by atoms with Crippen LogP contribution in [-0.4, -0.2) is 103 Å². The van der Waals surface area contributed by atoms with Gasteiger partial charge in [0.15, 0.2) is 22.6 Å². The van der Waals surface area contributed by atoms with Crippen LogP contribution in [0.15, 0.2) is 198 Å². The van der Waals surface area contributed by atoms with Crippen molar-refractivity contribution in [2.24, 2.45) is 0 Å². The van der Waals surface area contributed by atoms with E-state index in [2.05, 4.69) is 106 Å². The van der Waals surface area contributed by atoms with Gasteiger partial charge in [-0.1, -0.05) is 107 Å². The molecule has 0 fully saturated rings. The summed E-state index contributed by atoms with van der Waals surface area (Å²) in [5.41, 5.74) is 13.0. The molecule has 14 aromatic rings. The molecule has 3 amide bonds. The van der Waals surface area contributed by atoms with Crippen LogP contribution >= 0.6 is 35.3 Å². The molecular formula is C68H61N19O4S3. The molecule has 0 unspecified atom stereocenters. The van der Waals surface area contributed by atoms with Gasteiger partial charge in [-0.2, -0.15) is 25.5 Å². The number of aromatic amines is 4. The van der Waals surface area contributed by atoms with Gasteiger partial charge >= 0.3 is 0 Å². The Bertz CT molecular complexity index is 5010. The maximum absolute atomic E-state index is 13.1. The number of para-hydroxylation sites is 2. The van der Waals surface area contributed by atoms with Gasteiger partial charge in [-0.25, -0.2) is 34.6 Å². The number of benzene rings is 6. The number of fused-ring (bicyclic) bond motifs is 4. The molecule has 0 atom stereocenters. The van der Waals surface area contributed by atoms with E-state index < -0.39 is 0 Å². The second-order valence-corrected chi connectivity index (χ2v) is 25.0. The smallest absolute Gasteiger partial charge is 0.276 e. The molecular weight excluding hydrogens is 1240 g/mol. The Morgan fingerprint density at radius 3 is 1.45 bits per heavy atom. The molecule has 6 aromatic carbocycles. The fourth-order valence-electron chi connectivity index (χ4n) is 10.1. The summed E-state index contributed by atoms with van der Waals surface area (Å²) in [4.78, 5) is 64.2. The number of amides is 3. The highest BCUT2D eigenvalue weighted by Gasteiger charge is 2.21. The molecule has 470 valence electrons. The second-order valence-electron chi connectivity index (χ2n) is 22.1. The quantitative estimate of drug-likeness (QED) is 0.0292. The number of nitrogens with one attached hydrogen (secondary N) is 7. The third-order valence-corrected chi connectivity index (χ3v) is 18.2. The molecule has 0 bridgehead atoms. The standard InChI is InChI=1S/C25H27N5O2S.C23H19N7OS.C20H15N7OS/c1-14(2)17-9-19(15(3)4)22(31)20(10-17)24(32)29-18-7-5-6-16(8-18)12-33-25-21-11-28-30-23(21)26-13-27-25;1-15-19(12-27-30(15)18-8-3-2-4-9-18)22(31)28-17-7-5-6-16(10-17)13-32-23-20-11-26-29-21(20)24-14-25-23;28-19(17-14-6-1-2-7-16(14)25-26-17)24-13-5-3-4-12(8-13)10-29-20-15-9-23-27-18(15)21-11-22-20/h5-11,13-15,31H,12H2,1-4H3,(H,29,32)(H,26,27,28,30);2-12,14H,13H2,1H3,(H,28,31)(H,24,25,26,29);1-9,11H,10H2,(H,24,28)(H,25,26)(H,21,22,23,27). The molecule has 14 rings (SSSR count). The number of carbonyl (C=O) groups excluding carboxylic acids is 3. The van der Waals surface area contributed by atoms with E-state index in [1.54, 1.807) is 70.8 Å². The number of nitrogens with zero attached hydrogens (tertiary/aromatic N) is 12. The van der Waals surface area contributed by atoms with Crippen molar-refractivity contribution in [3.63, 3.8) is 0 Å². The number of aromatic nitrogens is 16. The van der Waals surface area contributed by atoms with Gasteiger partial charge in [0.05, 0.1) is 69.0 Å². The molecule has 26 heteroatoms. The van der Waals surface area contributed by atoms with Crippen LogP contribution in [0.2, 0.25) is 0 Å². The van der Waals surface area contributed by atoms with Gasteiger partial charge in [-0.3, -0.25) is 34.8 Å². The van der Waals surface area contributed by atoms with Gasteiger partial charge in [0.25, 0.3) is 17.7 Å². The van der Waals surface area contributed by atoms with Crippen LogP contribution in [0.4, 0.5) is 17.1 Å². The van der Waals surface area contributed by atoms with Crippen LogP contribution in [0.5, 0.6) is 5.75 Å². The minimum absolute atomic E-state index is 0.0477. The molecule has 0 saturated heterocycles. The fourth-order valence-corrected chi connectivity index (χ4v) is 12.8. The van der Waals surface area contributed by atoms with Crippen molar-refractivity contribution >= 4 is 114 Å². The number of phenolic OH excluding ortho intramolecular Hbond substituents is 1. The summed E-state index contributed by atoms with van der Waals surface area (Å²) in [6.45, 7) is 10.1. The summed E-state index contributed by atoms with van der Waals surface area (Å²) in [5.74, 6) is 1.72. The average Bonchev–Trinajstić information content (AvgIpc) is 1.47. The first-order chi connectivity index (χ1) is 45.8. The summed E-state index contributed by atoms with van der Waals surface area (Å²) >= 11 is 4.77. The lowest BCUT2D eigenvalue weighted by molar-refractivity contribution is 0.101. The van der Waals surface area contributed by atoms with Crippen molar-refractivity contribution < 1.29 is 19.5 Å². The molecule has 0 spiro atoms. The molecule has 23 nitrogen and oxygen atoms in total. The Balaban J connectivity index is 0.000000136. The van der Waals surface area contributed by atoms with Crippen LogP contribution in [0.1, 0.15) is 104 Å². The van der Waals surface area contributed by atoms with Gasteiger partial charge < -0.3 is 21.1 Å². The number of hydrogen-bond acceptors (Lipinski definition) is 18. The monoisotopic (exact) mass is 1300 g/mol. The zero-order valence-electron chi connectivity index (χ0n) is 51.4. The first kappa shape index (κ1) is 63.1. The van der Waals surface area contributed by atoms with Crippen molar-refractivity contribution in [3.05, 3.63) is 234 Å². The molecule has 0 aliphatic rings. The number of hydrogen-bond donors (Lipinski definition) is 8. The predicted molar refractivity (Wildman–Crippen MR) is 368 cm³/mol. The zero-order chi connectivity index (χ0) is 65.1. The molecule has 0 radical (unpaired) electrons. The van der Waals surface area contributed by atoms with E-state index in [4.69, 9.17) is 0 Å². The number of phenols is 1. The Hall–Kier alpha value is -11.1. The number of H-pyrrole nitrogens is 4. The van der Waals surface area contributed by atoms with E-state index in [0.29, 0.717) is 45.4 Å². The number of anilines is 3. The predicted octanol–water partition coefficient (Wildman–Crippen LogP) is 14.0. The normalized spacial score (nSPS) is 11.2. The van der Waals surface area contributed by atoms with Gasteiger partial charge in [0, 0.05) is 39.7 Å². The Morgan fingerprint density at radius 2 is 0.957 bits per heavy atom. The summed E-state index contributed by atoms with van der Waals surface area (Å²) in [6, 6.07) is 44.3. The lowest BCUT2D eigenvalue weighted by atomic mass is 9.91. The third kappa shape index (κ3) is 14.8. The average molecular weight is 1300 g/mol. The summed E-state index contributed by atoms with van der Waals surface area (Å²) in [6.07, 6.45) is 11.3. The molecule has 8 N–H and O–H groups in total. The van der Waals surface area contributed by atoms with Crippen molar-refractivity contribution in [1.82, 2.24) is 80.5 Å². The first-order valence-corrected chi connectivity index (χ1v) is 32.7. The topological polar surface area (TPSA) is 317 Å². The van der Waals surface area contributed by atoms with Crippen LogP contribution in [-0.2, 0) is 17.3 Å². The number of thioether (sulfide) groups is 3. The fraction of sp³-hybridized carbons (Fsp3) is 0.147. The van der Waals surface area contributed by atoms with Gasteiger partial charge in [-0.05, 0) is 107 Å². The van der Waals surface area contributed by atoms with Crippen LogP contribution < -0.4 is 16.0 Å². The van der Waals surface area contributed by atoms with Gasteiger partial charge in [-0.15, -0.1) is 35.3 Å². The zero-order valence-corrected chi connectivity index (χ0v) is 53.8. The molecule has 0 aliphatic heterocycles. The van der Waals surface area contributed by atoms with Crippen LogP contribution in [0.3, 0.4) is 0 Å². The van der Waals surface area contributed by atoms with E-state index in [-0.39, 0.29) is 35.3 Å². The summed E-state index contributed by atoms with van der Waals surface area (Å²) < 4.78 is 1.76.